The van der Waals surface area contributed by atoms with Crippen LogP contribution < -0.4 is 4.90 Å². The van der Waals surface area contributed by atoms with E-state index in [1.807, 2.05) is 19.1 Å². The van der Waals surface area contributed by atoms with Gasteiger partial charge in [-0.25, -0.2) is 4.63 Å². The number of fused-ring (bicyclic) bond motifs is 1. The molecule has 2 aliphatic rings. The Labute approximate surface area is 163 Å². The summed E-state index contributed by atoms with van der Waals surface area (Å²) in [6.07, 6.45) is 2.70. The Hall–Kier alpha value is -2.11. The fourth-order valence-corrected chi connectivity index (χ4v) is 4.45. The van der Waals surface area contributed by atoms with Gasteiger partial charge in [-0.05, 0) is 78.1 Å². The predicted molar refractivity (Wildman–Crippen MR) is 108 cm³/mol. The highest BCUT2D eigenvalue weighted by molar-refractivity contribution is 6.31. The molecule has 1 aromatic heterocycles. The maximum Gasteiger partial charge on any atom is 0.158 e. The lowest BCUT2D eigenvalue weighted by molar-refractivity contribution is 0.247. The number of likely N-dealkylation sites (tertiary alicyclic amines) is 1. The van der Waals surface area contributed by atoms with Gasteiger partial charge < -0.3 is 9.80 Å². The Bertz CT molecular complexity index is 973. The van der Waals surface area contributed by atoms with Crippen LogP contribution >= 0.6 is 11.6 Å². The van der Waals surface area contributed by atoms with Crippen molar-refractivity contribution < 1.29 is 4.63 Å². The van der Waals surface area contributed by atoms with Crippen molar-refractivity contribution in [2.45, 2.75) is 19.8 Å². The van der Waals surface area contributed by atoms with Crippen LogP contribution in [-0.4, -0.2) is 47.9 Å². The van der Waals surface area contributed by atoms with Crippen LogP contribution in [0.15, 0.2) is 35.0 Å². The third-order valence-corrected chi connectivity index (χ3v) is 6.27. The Morgan fingerprint density at radius 2 is 1.89 bits per heavy atom. The van der Waals surface area contributed by atoms with Crippen LogP contribution in [0.2, 0.25) is 5.02 Å². The molecule has 0 bridgehead atoms. The first-order valence-electron chi connectivity index (χ1n) is 9.67. The molecule has 5 nitrogen and oxygen atoms in total. The number of aromatic nitrogens is 2. The van der Waals surface area contributed by atoms with Crippen LogP contribution in [-0.2, 0) is 0 Å². The molecule has 27 heavy (non-hydrogen) atoms. The van der Waals surface area contributed by atoms with E-state index < -0.39 is 0 Å². The first kappa shape index (κ1) is 17.0. The predicted octanol–water partition coefficient (Wildman–Crippen LogP) is 4.38. The van der Waals surface area contributed by atoms with Crippen LogP contribution in [0.1, 0.15) is 18.4 Å². The SMILES string of the molecule is Cc1ccc(-c2cc(N3CC(CN4CCCC4)C3)c3nonc3c2)cc1Cl. The summed E-state index contributed by atoms with van der Waals surface area (Å²) in [4.78, 5) is 4.99. The largest absolute Gasteiger partial charge is 0.369 e. The minimum atomic E-state index is 0.732. The minimum Gasteiger partial charge on any atom is -0.369 e. The van der Waals surface area contributed by atoms with Gasteiger partial charge in [-0.3, -0.25) is 0 Å². The standard InChI is InChI=1S/C21H23ClN4O/c1-14-4-5-16(8-18(14)22)17-9-19-21(24-27-23-19)20(10-17)26-12-15(13-26)11-25-6-2-3-7-25/h4-5,8-10,15H,2-3,6-7,11-13H2,1H3. The molecule has 2 aliphatic heterocycles. The monoisotopic (exact) mass is 382 g/mol. The normalized spacial score (nSPS) is 18.4. The summed E-state index contributed by atoms with van der Waals surface area (Å²) in [6, 6.07) is 10.4. The first-order chi connectivity index (χ1) is 13.2. The minimum absolute atomic E-state index is 0.732. The maximum atomic E-state index is 6.34. The second kappa shape index (κ2) is 6.80. The Balaban J connectivity index is 1.42. The Morgan fingerprint density at radius 1 is 1.07 bits per heavy atom. The number of benzene rings is 2. The molecule has 0 N–H and O–H groups in total. The van der Waals surface area contributed by atoms with Crippen molar-refractivity contribution in [1.82, 2.24) is 15.2 Å². The lowest BCUT2D eigenvalue weighted by atomic mass is 9.96. The summed E-state index contributed by atoms with van der Waals surface area (Å²) >= 11 is 6.34. The molecule has 0 amide bonds. The van der Waals surface area contributed by atoms with E-state index in [1.54, 1.807) is 0 Å². The van der Waals surface area contributed by atoms with Gasteiger partial charge in [0.25, 0.3) is 0 Å². The van der Waals surface area contributed by atoms with E-state index in [1.165, 1.54) is 32.5 Å². The molecule has 0 aliphatic carbocycles. The molecule has 0 spiro atoms. The molecule has 0 atom stereocenters. The van der Waals surface area contributed by atoms with Gasteiger partial charge in [0.05, 0.1) is 5.69 Å². The molecule has 0 radical (unpaired) electrons. The second-order valence-corrected chi connectivity index (χ2v) is 8.28. The number of anilines is 1. The molecular weight excluding hydrogens is 360 g/mol. The van der Waals surface area contributed by atoms with Crippen LogP contribution in [0.4, 0.5) is 5.69 Å². The van der Waals surface area contributed by atoms with Crippen LogP contribution in [0.3, 0.4) is 0 Å². The van der Waals surface area contributed by atoms with Crippen molar-refractivity contribution >= 4 is 28.3 Å². The van der Waals surface area contributed by atoms with E-state index in [0.717, 1.165) is 57.4 Å². The summed E-state index contributed by atoms with van der Waals surface area (Å²) in [5, 5.41) is 9.03. The summed E-state index contributed by atoms with van der Waals surface area (Å²) in [5.74, 6) is 0.732. The van der Waals surface area contributed by atoms with Gasteiger partial charge in [-0.2, -0.15) is 0 Å². The van der Waals surface area contributed by atoms with Gasteiger partial charge in [-0.1, -0.05) is 23.7 Å². The molecule has 0 unspecified atom stereocenters. The Kier molecular flexibility index (Phi) is 4.29. The van der Waals surface area contributed by atoms with Crippen LogP contribution in [0.25, 0.3) is 22.2 Å². The molecule has 2 aromatic carbocycles. The average molecular weight is 383 g/mol. The van der Waals surface area contributed by atoms with Gasteiger partial charge in [-0.15, -0.1) is 0 Å². The fraction of sp³-hybridized carbons (Fsp3) is 0.429. The Morgan fingerprint density at radius 3 is 2.67 bits per heavy atom. The number of hydrogen-bond donors (Lipinski definition) is 0. The van der Waals surface area contributed by atoms with Crippen molar-refractivity contribution in [1.29, 1.82) is 0 Å². The van der Waals surface area contributed by atoms with Gasteiger partial charge in [0.2, 0.25) is 0 Å². The van der Waals surface area contributed by atoms with Crippen LogP contribution in [0, 0.1) is 12.8 Å². The molecular formula is C21H23ClN4O. The molecule has 5 rings (SSSR count). The maximum absolute atomic E-state index is 6.34. The summed E-state index contributed by atoms with van der Waals surface area (Å²) < 4.78 is 5.03. The molecule has 2 fully saturated rings. The second-order valence-electron chi connectivity index (χ2n) is 7.87. The number of halogens is 1. The van der Waals surface area contributed by atoms with Gasteiger partial charge in [0.1, 0.15) is 5.52 Å². The first-order valence-corrected chi connectivity index (χ1v) is 10.1. The molecule has 3 heterocycles. The number of hydrogen-bond acceptors (Lipinski definition) is 5. The van der Waals surface area contributed by atoms with Gasteiger partial charge >= 0.3 is 0 Å². The third-order valence-electron chi connectivity index (χ3n) is 5.86. The highest BCUT2D eigenvalue weighted by atomic mass is 35.5. The van der Waals surface area contributed by atoms with E-state index in [9.17, 15) is 0 Å². The molecule has 6 heteroatoms. The topological polar surface area (TPSA) is 45.4 Å². The van der Waals surface area contributed by atoms with Crippen molar-refractivity contribution in [2.75, 3.05) is 37.6 Å². The highest BCUT2D eigenvalue weighted by Gasteiger charge is 2.31. The lowest BCUT2D eigenvalue weighted by Gasteiger charge is -2.42. The average Bonchev–Trinajstić information content (AvgIpc) is 3.30. The van der Waals surface area contributed by atoms with E-state index in [4.69, 9.17) is 16.2 Å². The lowest BCUT2D eigenvalue weighted by Crippen LogP contribution is -2.51. The quantitative estimate of drug-likeness (QED) is 0.669. The van der Waals surface area contributed by atoms with E-state index in [-0.39, 0.29) is 0 Å². The molecule has 3 aromatic rings. The van der Waals surface area contributed by atoms with Crippen molar-refractivity contribution in [3.05, 3.63) is 40.9 Å². The number of nitrogens with zero attached hydrogens (tertiary/aromatic N) is 4. The summed E-state index contributed by atoms with van der Waals surface area (Å²) in [5.41, 5.74) is 6.01. The fourth-order valence-electron chi connectivity index (χ4n) is 4.27. The van der Waals surface area contributed by atoms with Crippen molar-refractivity contribution in [2.24, 2.45) is 5.92 Å². The zero-order valence-electron chi connectivity index (χ0n) is 15.5. The van der Waals surface area contributed by atoms with E-state index in [0.29, 0.717) is 0 Å². The van der Waals surface area contributed by atoms with Gasteiger partial charge in [0, 0.05) is 30.6 Å². The smallest absolute Gasteiger partial charge is 0.158 e. The number of aryl methyl sites for hydroxylation is 1. The molecule has 2 saturated heterocycles. The zero-order valence-corrected chi connectivity index (χ0v) is 16.2. The highest BCUT2D eigenvalue weighted by Crippen LogP contribution is 2.36. The van der Waals surface area contributed by atoms with Crippen molar-refractivity contribution in [3.63, 3.8) is 0 Å². The summed E-state index contributed by atoms with van der Waals surface area (Å²) in [7, 11) is 0. The van der Waals surface area contributed by atoms with Crippen molar-refractivity contribution in [3.8, 4) is 11.1 Å². The zero-order chi connectivity index (χ0) is 18.4. The molecule has 140 valence electrons. The van der Waals surface area contributed by atoms with E-state index in [2.05, 4.69) is 38.3 Å². The number of rotatable bonds is 4. The van der Waals surface area contributed by atoms with E-state index >= 15 is 0 Å². The third kappa shape index (κ3) is 3.19. The summed E-state index contributed by atoms with van der Waals surface area (Å²) in [6.45, 7) is 7.88. The van der Waals surface area contributed by atoms with Crippen LogP contribution in [0.5, 0.6) is 0 Å². The van der Waals surface area contributed by atoms with Gasteiger partial charge in [0.15, 0.2) is 5.52 Å². The molecule has 0 saturated carbocycles.